The minimum absolute atomic E-state index is 0.0508. The van der Waals surface area contributed by atoms with Crippen LogP contribution in [0.25, 0.3) is 10.8 Å². The number of hydrogen-bond donors (Lipinski definition) is 3. The van der Waals surface area contributed by atoms with Crippen LogP contribution in [-0.4, -0.2) is 72.6 Å². The van der Waals surface area contributed by atoms with Crippen molar-refractivity contribution in [2.24, 2.45) is 5.92 Å². The lowest BCUT2D eigenvalue weighted by Gasteiger charge is -2.27. The Labute approximate surface area is 257 Å². The molecule has 1 aliphatic rings. The van der Waals surface area contributed by atoms with Gasteiger partial charge in [0.1, 0.15) is 23.6 Å². The van der Waals surface area contributed by atoms with Gasteiger partial charge < -0.3 is 30.1 Å². The molecule has 0 bridgehead atoms. The molecule has 3 aromatic rings. The summed E-state index contributed by atoms with van der Waals surface area (Å²) in [7, 11) is 1.24. The zero-order chi connectivity index (χ0) is 31.6. The Morgan fingerprint density at radius 1 is 0.886 bits per heavy atom. The number of hydrogen-bond acceptors (Lipinski definition) is 7. The molecule has 234 valence electrons. The minimum Gasteiger partial charge on any atom is -0.508 e. The van der Waals surface area contributed by atoms with Crippen LogP contribution in [0.2, 0.25) is 0 Å². The molecule has 0 radical (unpaired) electrons. The van der Waals surface area contributed by atoms with Crippen molar-refractivity contribution in [1.29, 1.82) is 0 Å². The smallest absolute Gasteiger partial charge is 0.328 e. The number of piperidine rings is 1. The molecule has 3 aromatic carbocycles. The molecule has 0 aromatic heterocycles. The van der Waals surface area contributed by atoms with Crippen LogP contribution < -0.4 is 15.4 Å². The Kier molecular flexibility index (Phi) is 11.2. The highest BCUT2D eigenvalue weighted by molar-refractivity contribution is 6.02. The number of nitrogens with zero attached hydrogens (tertiary/aromatic N) is 1. The number of benzene rings is 3. The van der Waals surface area contributed by atoms with Gasteiger partial charge in [-0.05, 0) is 72.2 Å². The Balaban J connectivity index is 1.47. The molecule has 10 heteroatoms. The summed E-state index contributed by atoms with van der Waals surface area (Å²) in [4.78, 5) is 54.3. The van der Waals surface area contributed by atoms with E-state index in [9.17, 15) is 24.3 Å². The Morgan fingerprint density at radius 2 is 1.55 bits per heavy atom. The minimum atomic E-state index is -0.999. The quantitative estimate of drug-likeness (QED) is 0.267. The number of likely N-dealkylation sites (tertiary alicyclic amines) is 1. The lowest BCUT2D eigenvalue weighted by Crippen LogP contribution is -2.53. The number of carbonyl (C=O) groups excluding carboxylic acids is 4. The summed E-state index contributed by atoms with van der Waals surface area (Å²) in [6.45, 7) is 4.79. The van der Waals surface area contributed by atoms with Gasteiger partial charge in [0.25, 0.3) is 11.8 Å². The van der Waals surface area contributed by atoms with Gasteiger partial charge in [-0.2, -0.15) is 0 Å². The average Bonchev–Trinajstić information content (AvgIpc) is 3.03. The number of aromatic hydroxyl groups is 1. The van der Waals surface area contributed by atoms with Crippen LogP contribution in [0.5, 0.6) is 11.5 Å². The molecular formula is C34H41N3O7. The summed E-state index contributed by atoms with van der Waals surface area (Å²) < 4.78 is 10.8. The number of ether oxygens (including phenoxy) is 2. The van der Waals surface area contributed by atoms with Crippen molar-refractivity contribution in [3.8, 4) is 11.5 Å². The fraction of sp³-hybridized carbons (Fsp3) is 0.412. The number of phenolic OH excluding ortho intramolecular Hbond substituents is 1. The first-order chi connectivity index (χ1) is 21.1. The van der Waals surface area contributed by atoms with E-state index < -0.39 is 36.5 Å². The van der Waals surface area contributed by atoms with Gasteiger partial charge in [-0.1, -0.05) is 50.2 Å². The maximum absolute atomic E-state index is 13.5. The summed E-state index contributed by atoms with van der Waals surface area (Å²) in [5.74, 6) is -1.40. The third-order valence-corrected chi connectivity index (χ3v) is 7.62. The summed E-state index contributed by atoms with van der Waals surface area (Å²) in [6, 6.07) is 15.6. The monoisotopic (exact) mass is 603 g/mol. The second-order valence-electron chi connectivity index (χ2n) is 11.5. The van der Waals surface area contributed by atoms with E-state index in [1.54, 1.807) is 24.3 Å². The molecule has 2 atom stereocenters. The van der Waals surface area contributed by atoms with Crippen molar-refractivity contribution in [2.45, 2.75) is 58.0 Å². The number of rotatable bonds is 12. The van der Waals surface area contributed by atoms with Gasteiger partial charge in [0.05, 0.1) is 12.7 Å². The summed E-state index contributed by atoms with van der Waals surface area (Å²) in [5, 5.41) is 16.8. The summed E-state index contributed by atoms with van der Waals surface area (Å²) in [5.41, 5.74) is 1.10. The van der Waals surface area contributed by atoms with E-state index in [0.29, 0.717) is 36.4 Å². The van der Waals surface area contributed by atoms with Crippen LogP contribution in [0.1, 0.15) is 55.5 Å². The first kappa shape index (κ1) is 32.3. The number of phenols is 1. The van der Waals surface area contributed by atoms with Gasteiger partial charge in [-0.25, -0.2) is 4.79 Å². The summed E-state index contributed by atoms with van der Waals surface area (Å²) in [6.07, 6.45) is 3.44. The predicted molar refractivity (Wildman–Crippen MR) is 166 cm³/mol. The third-order valence-electron chi connectivity index (χ3n) is 7.62. The van der Waals surface area contributed by atoms with Gasteiger partial charge in [0.15, 0.2) is 6.61 Å². The molecule has 10 nitrogen and oxygen atoms in total. The van der Waals surface area contributed by atoms with Crippen LogP contribution in [0.4, 0.5) is 0 Å². The van der Waals surface area contributed by atoms with E-state index in [1.165, 1.54) is 19.2 Å². The number of esters is 1. The molecule has 1 saturated heterocycles. The molecule has 3 N–H and O–H groups in total. The van der Waals surface area contributed by atoms with E-state index in [0.717, 1.165) is 30.0 Å². The molecule has 1 heterocycles. The van der Waals surface area contributed by atoms with Crippen LogP contribution >= 0.6 is 0 Å². The number of carbonyl (C=O) groups is 4. The average molecular weight is 604 g/mol. The molecule has 0 saturated carbocycles. The number of fused-ring (bicyclic) bond motifs is 1. The van der Waals surface area contributed by atoms with E-state index in [1.807, 2.05) is 43.0 Å². The molecule has 4 rings (SSSR count). The lowest BCUT2D eigenvalue weighted by atomic mass is 10.0. The van der Waals surface area contributed by atoms with Crippen molar-refractivity contribution < 1.29 is 33.8 Å². The first-order valence-electron chi connectivity index (χ1n) is 15.0. The molecule has 44 heavy (non-hydrogen) atoms. The maximum atomic E-state index is 13.5. The van der Waals surface area contributed by atoms with Crippen molar-refractivity contribution in [3.63, 3.8) is 0 Å². The van der Waals surface area contributed by atoms with Crippen LogP contribution in [0.15, 0.2) is 60.7 Å². The van der Waals surface area contributed by atoms with E-state index in [-0.39, 0.29) is 24.0 Å². The second kappa shape index (κ2) is 15.2. The fourth-order valence-corrected chi connectivity index (χ4v) is 5.33. The Morgan fingerprint density at radius 3 is 2.18 bits per heavy atom. The molecule has 0 aliphatic carbocycles. The van der Waals surface area contributed by atoms with E-state index in [2.05, 4.69) is 10.6 Å². The van der Waals surface area contributed by atoms with Crippen molar-refractivity contribution >= 4 is 34.5 Å². The zero-order valence-electron chi connectivity index (χ0n) is 25.5. The van der Waals surface area contributed by atoms with Crippen molar-refractivity contribution in [2.75, 3.05) is 26.8 Å². The zero-order valence-corrected chi connectivity index (χ0v) is 25.5. The largest absolute Gasteiger partial charge is 0.508 e. The highest BCUT2D eigenvalue weighted by Crippen LogP contribution is 2.28. The Hall–Kier alpha value is -4.60. The number of methoxy groups -OCH3 is 1. The molecule has 3 amide bonds. The second-order valence-corrected chi connectivity index (χ2v) is 11.5. The lowest BCUT2D eigenvalue weighted by molar-refractivity contribution is -0.145. The number of amides is 3. The van der Waals surface area contributed by atoms with Crippen LogP contribution in [0.3, 0.4) is 0 Å². The maximum Gasteiger partial charge on any atom is 0.328 e. The highest BCUT2D eigenvalue weighted by atomic mass is 16.5. The highest BCUT2D eigenvalue weighted by Gasteiger charge is 2.29. The van der Waals surface area contributed by atoms with Gasteiger partial charge in [-0.15, -0.1) is 0 Å². The Bertz CT molecular complexity index is 1470. The standard InChI is InChI=1S/C34H41N3O7/c1-22(2)17-28(32(40)36-29(34(42)43-3)18-23-11-13-26(38)14-12-23)35-31(39)21-44-30-20-25-10-6-5-9-24(25)19-27(30)33(41)37-15-7-4-8-16-37/h5-6,9-14,19-20,22,28-29,38H,4,7-8,15-18,21H2,1-3H3,(H,35,39)(H,36,40)/t28-,29-/m0/s1. The normalized spacial score (nSPS) is 14.5. The van der Waals surface area contributed by atoms with Crippen molar-refractivity contribution in [1.82, 2.24) is 15.5 Å². The van der Waals surface area contributed by atoms with Crippen molar-refractivity contribution in [3.05, 3.63) is 71.8 Å². The van der Waals surface area contributed by atoms with E-state index in [4.69, 9.17) is 9.47 Å². The fourth-order valence-electron chi connectivity index (χ4n) is 5.33. The van der Waals surface area contributed by atoms with Gasteiger partial charge in [-0.3, -0.25) is 14.4 Å². The van der Waals surface area contributed by atoms with Crippen LogP contribution in [0, 0.1) is 5.92 Å². The SMILES string of the molecule is COC(=O)[C@H](Cc1ccc(O)cc1)NC(=O)[C@H](CC(C)C)NC(=O)COc1cc2ccccc2cc1C(=O)N1CCCCC1. The topological polar surface area (TPSA) is 134 Å². The summed E-state index contributed by atoms with van der Waals surface area (Å²) >= 11 is 0. The van der Waals surface area contributed by atoms with Crippen LogP contribution in [-0.2, 0) is 25.5 Å². The molecule has 1 aliphatic heterocycles. The van der Waals surface area contributed by atoms with Gasteiger partial charge in [0.2, 0.25) is 5.91 Å². The van der Waals surface area contributed by atoms with Gasteiger partial charge in [0, 0.05) is 19.5 Å². The molecule has 0 unspecified atom stereocenters. The third kappa shape index (κ3) is 8.72. The number of nitrogens with one attached hydrogen (secondary N) is 2. The van der Waals surface area contributed by atoms with Gasteiger partial charge >= 0.3 is 5.97 Å². The molecule has 1 fully saturated rings. The van der Waals surface area contributed by atoms with E-state index >= 15 is 0 Å². The molecular weight excluding hydrogens is 562 g/mol. The molecule has 0 spiro atoms. The predicted octanol–water partition coefficient (Wildman–Crippen LogP) is 3.98. The first-order valence-corrected chi connectivity index (χ1v) is 15.0.